The van der Waals surface area contributed by atoms with Crippen LogP contribution in [-0.2, 0) is 11.2 Å². The number of hydrogen-bond donors (Lipinski definition) is 1. The van der Waals surface area contributed by atoms with Crippen molar-refractivity contribution in [3.8, 4) is 0 Å². The van der Waals surface area contributed by atoms with Crippen LogP contribution in [0.1, 0.15) is 42.0 Å². The number of benzene rings is 1. The minimum absolute atomic E-state index is 0.0291. The predicted octanol–water partition coefficient (Wildman–Crippen LogP) is 4.41. The van der Waals surface area contributed by atoms with Crippen molar-refractivity contribution >= 4 is 29.1 Å². The van der Waals surface area contributed by atoms with E-state index in [0.717, 1.165) is 22.6 Å². The molecule has 0 fully saturated rings. The van der Waals surface area contributed by atoms with Gasteiger partial charge in [-0.2, -0.15) is 0 Å². The first-order valence-electron chi connectivity index (χ1n) is 7.04. The first-order chi connectivity index (χ1) is 10.4. The normalized spacial score (nSPS) is 12.2. The Bertz CT molecular complexity index is 663. The SMILES string of the molecule is Cc1noc(C)c1CCC(=O)NC(C)c1ccc(Cl)c(Cl)c1. The van der Waals surface area contributed by atoms with Crippen molar-refractivity contribution in [2.75, 3.05) is 0 Å². The van der Waals surface area contributed by atoms with Gasteiger partial charge in [-0.1, -0.05) is 34.4 Å². The number of carbonyl (C=O) groups is 1. The Kier molecular flexibility index (Phi) is 5.48. The zero-order valence-corrected chi connectivity index (χ0v) is 14.3. The lowest BCUT2D eigenvalue weighted by Crippen LogP contribution is -2.26. The van der Waals surface area contributed by atoms with Gasteiger partial charge >= 0.3 is 0 Å². The highest BCUT2D eigenvalue weighted by Gasteiger charge is 2.14. The van der Waals surface area contributed by atoms with Gasteiger partial charge in [0.15, 0.2) is 0 Å². The summed E-state index contributed by atoms with van der Waals surface area (Å²) in [4.78, 5) is 12.1. The number of carbonyl (C=O) groups excluding carboxylic acids is 1. The maximum absolute atomic E-state index is 12.1. The number of aryl methyl sites for hydroxylation is 2. The van der Waals surface area contributed by atoms with Gasteiger partial charge in [-0.3, -0.25) is 4.79 Å². The van der Waals surface area contributed by atoms with E-state index in [9.17, 15) is 4.79 Å². The molecule has 6 heteroatoms. The van der Waals surface area contributed by atoms with Gasteiger partial charge < -0.3 is 9.84 Å². The lowest BCUT2D eigenvalue weighted by molar-refractivity contribution is -0.121. The smallest absolute Gasteiger partial charge is 0.220 e. The number of hydrogen-bond acceptors (Lipinski definition) is 3. The van der Waals surface area contributed by atoms with Crippen LogP contribution >= 0.6 is 23.2 Å². The fraction of sp³-hybridized carbons (Fsp3) is 0.375. The molecule has 22 heavy (non-hydrogen) atoms. The molecule has 1 atom stereocenters. The molecule has 0 aliphatic carbocycles. The van der Waals surface area contributed by atoms with Crippen molar-refractivity contribution in [1.29, 1.82) is 0 Å². The van der Waals surface area contributed by atoms with Crippen LogP contribution in [0, 0.1) is 13.8 Å². The number of nitrogens with zero attached hydrogens (tertiary/aromatic N) is 1. The molecule has 1 unspecified atom stereocenters. The molecule has 2 aromatic rings. The molecule has 1 amide bonds. The average molecular weight is 341 g/mol. The van der Waals surface area contributed by atoms with Gasteiger partial charge in [0.25, 0.3) is 0 Å². The molecule has 1 aromatic heterocycles. The molecule has 0 saturated carbocycles. The Hall–Kier alpha value is -1.52. The molecule has 1 heterocycles. The summed E-state index contributed by atoms with van der Waals surface area (Å²) in [7, 11) is 0. The summed E-state index contributed by atoms with van der Waals surface area (Å²) >= 11 is 11.9. The summed E-state index contributed by atoms with van der Waals surface area (Å²) in [6, 6.07) is 5.22. The topological polar surface area (TPSA) is 55.1 Å². The zero-order chi connectivity index (χ0) is 16.3. The number of amides is 1. The Balaban J connectivity index is 1.92. The summed E-state index contributed by atoms with van der Waals surface area (Å²) in [6.07, 6.45) is 0.996. The molecule has 0 saturated heterocycles. The van der Waals surface area contributed by atoms with E-state index < -0.39 is 0 Å². The highest BCUT2D eigenvalue weighted by atomic mass is 35.5. The fourth-order valence-electron chi connectivity index (χ4n) is 2.28. The van der Waals surface area contributed by atoms with E-state index in [1.54, 1.807) is 12.1 Å². The first kappa shape index (κ1) is 16.8. The van der Waals surface area contributed by atoms with Crippen LogP contribution in [0.3, 0.4) is 0 Å². The predicted molar refractivity (Wildman–Crippen MR) is 87.3 cm³/mol. The molecular weight excluding hydrogens is 323 g/mol. The molecule has 1 aromatic carbocycles. The van der Waals surface area contributed by atoms with Crippen molar-refractivity contribution < 1.29 is 9.32 Å². The van der Waals surface area contributed by atoms with Crippen LogP contribution in [0.4, 0.5) is 0 Å². The number of halogens is 2. The third-order valence-corrected chi connectivity index (χ3v) is 4.34. The van der Waals surface area contributed by atoms with E-state index >= 15 is 0 Å². The van der Waals surface area contributed by atoms with Gasteiger partial charge in [-0.05, 0) is 44.9 Å². The fourth-order valence-corrected chi connectivity index (χ4v) is 2.58. The molecule has 0 radical (unpaired) electrons. The largest absolute Gasteiger partial charge is 0.361 e. The summed E-state index contributed by atoms with van der Waals surface area (Å²) in [5, 5.41) is 7.82. The van der Waals surface area contributed by atoms with E-state index in [0.29, 0.717) is 22.9 Å². The van der Waals surface area contributed by atoms with E-state index in [1.807, 2.05) is 26.8 Å². The van der Waals surface area contributed by atoms with Crippen LogP contribution in [0.25, 0.3) is 0 Å². The minimum atomic E-state index is -0.132. The molecule has 0 aliphatic rings. The highest BCUT2D eigenvalue weighted by molar-refractivity contribution is 6.42. The Labute approximate surface area is 139 Å². The second kappa shape index (κ2) is 7.16. The van der Waals surface area contributed by atoms with Crippen molar-refractivity contribution in [3.05, 3.63) is 50.8 Å². The molecule has 0 spiro atoms. The van der Waals surface area contributed by atoms with Crippen molar-refractivity contribution in [1.82, 2.24) is 10.5 Å². The minimum Gasteiger partial charge on any atom is -0.361 e. The summed E-state index contributed by atoms with van der Waals surface area (Å²) in [6.45, 7) is 5.64. The third kappa shape index (κ3) is 4.02. The molecule has 1 N–H and O–H groups in total. The van der Waals surface area contributed by atoms with Gasteiger partial charge in [0, 0.05) is 12.0 Å². The second-order valence-corrected chi connectivity index (χ2v) is 6.08. The maximum Gasteiger partial charge on any atom is 0.220 e. The van der Waals surface area contributed by atoms with Crippen LogP contribution in [0.5, 0.6) is 0 Å². The lowest BCUT2D eigenvalue weighted by atomic mass is 10.1. The van der Waals surface area contributed by atoms with Gasteiger partial charge in [0.1, 0.15) is 5.76 Å². The monoisotopic (exact) mass is 340 g/mol. The second-order valence-electron chi connectivity index (χ2n) is 5.27. The summed E-state index contributed by atoms with van der Waals surface area (Å²) < 4.78 is 5.09. The molecule has 4 nitrogen and oxygen atoms in total. The standard InChI is InChI=1S/C16H18Cl2N2O2/c1-9(12-4-6-14(17)15(18)8-12)19-16(21)7-5-13-10(2)20-22-11(13)3/h4,6,8-9H,5,7H2,1-3H3,(H,19,21). The number of aromatic nitrogens is 1. The summed E-state index contributed by atoms with van der Waals surface area (Å²) in [5.41, 5.74) is 2.75. The van der Waals surface area contributed by atoms with E-state index in [-0.39, 0.29) is 11.9 Å². The van der Waals surface area contributed by atoms with Crippen molar-refractivity contribution in [3.63, 3.8) is 0 Å². The van der Waals surface area contributed by atoms with E-state index in [1.165, 1.54) is 0 Å². The van der Waals surface area contributed by atoms with E-state index in [4.69, 9.17) is 27.7 Å². The maximum atomic E-state index is 12.1. The first-order valence-corrected chi connectivity index (χ1v) is 7.80. The summed E-state index contributed by atoms with van der Waals surface area (Å²) in [5.74, 6) is 0.737. The Morgan fingerprint density at radius 3 is 2.64 bits per heavy atom. The molecule has 2 rings (SSSR count). The number of rotatable bonds is 5. The Morgan fingerprint density at radius 1 is 1.32 bits per heavy atom. The highest BCUT2D eigenvalue weighted by Crippen LogP contribution is 2.25. The van der Waals surface area contributed by atoms with Crippen molar-refractivity contribution in [2.45, 2.75) is 39.7 Å². The van der Waals surface area contributed by atoms with Gasteiger partial charge in [-0.15, -0.1) is 0 Å². The average Bonchev–Trinajstić information content (AvgIpc) is 2.78. The molecule has 0 aliphatic heterocycles. The molecule has 118 valence electrons. The quantitative estimate of drug-likeness (QED) is 0.876. The molecular formula is C16H18Cl2N2O2. The lowest BCUT2D eigenvalue weighted by Gasteiger charge is -2.15. The van der Waals surface area contributed by atoms with Gasteiger partial charge in [-0.25, -0.2) is 0 Å². The zero-order valence-electron chi connectivity index (χ0n) is 12.7. The van der Waals surface area contributed by atoms with E-state index in [2.05, 4.69) is 10.5 Å². The van der Waals surface area contributed by atoms with Crippen LogP contribution in [0.15, 0.2) is 22.7 Å². The van der Waals surface area contributed by atoms with Crippen molar-refractivity contribution in [2.24, 2.45) is 0 Å². The van der Waals surface area contributed by atoms with Crippen LogP contribution in [0.2, 0.25) is 10.0 Å². The van der Waals surface area contributed by atoms with Crippen LogP contribution < -0.4 is 5.32 Å². The van der Waals surface area contributed by atoms with Gasteiger partial charge in [0.05, 0.1) is 21.8 Å². The Morgan fingerprint density at radius 2 is 2.05 bits per heavy atom. The molecule has 0 bridgehead atoms. The third-order valence-electron chi connectivity index (χ3n) is 3.60. The number of nitrogens with one attached hydrogen (secondary N) is 1. The van der Waals surface area contributed by atoms with Crippen LogP contribution in [-0.4, -0.2) is 11.1 Å². The van der Waals surface area contributed by atoms with Gasteiger partial charge in [0.2, 0.25) is 5.91 Å².